The van der Waals surface area contributed by atoms with Crippen LogP contribution >= 0.6 is 24.0 Å². The van der Waals surface area contributed by atoms with Gasteiger partial charge in [0.2, 0.25) is 0 Å². The van der Waals surface area contributed by atoms with Gasteiger partial charge in [-0.25, -0.2) is 9.38 Å². The molecule has 166 valence electrons. The van der Waals surface area contributed by atoms with E-state index in [4.69, 9.17) is 4.74 Å². The van der Waals surface area contributed by atoms with Gasteiger partial charge in [0.25, 0.3) is 0 Å². The molecular formula is C19H30F3IN4O2. The second-order valence-corrected chi connectivity index (χ2v) is 7.06. The topological polar surface area (TPSA) is 58.1 Å². The maximum absolute atomic E-state index is 14.1. The summed E-state index contributed by atoms with van der Waals surface area (Å²) in [4.78, 5) is 6.68. The number of hydrogen-bond acceptors (Lipinski definition) is 4. The zero-order chi connectivity index (χ0) is 20.6. The van der Waals surface area contributed by atoms with E-state index in [0.717, 1.165) is 13.1 Å². The fourth-order valence-electron chi connectivity index (χ4n) is 2.98. The molecule has 0 amide bonds. The fraction of sp³-hybridized carbons (Fsp3) is 0.632. The van der Waals surface area contributed by atoms with Crippen LogP contribution in [0.5, 0.6) is 5.75 Å². The Bertz CT molecular complexity index is 656. The van der Waals surface area contributed by atoms with Gasteiger partial charge in [-0.05, 0) is 32.9 Å². The molecule has 2 rings (SSSR count). The quantitative estimate of drug-likeness (QED) is 0.307. The van der Waals surface area contributed by atoms with E-state index in [1.807, 2.05) is 6.92 Å². The third-order valence-electron chi connectivity index (χ3n) is 4.59. The summed E-state index contributed by atoms with van der Waals surface area (Å²) < 4.78 is 49.0. The average Bonchev–Trinajstić information content (AvgIpc) is 2.66. The summed E-state index contributed by atoms with van der Waals surface area (Å²) >= 11 is 0. The fourth-order valence-corrected chi connectivity index (χ4v) is 2.98. The van der Waals surface area contributed by atoms with Crippen molar-refractivity contribution in [3.63, 3.8) is 0 Å². The van der Waals surface area contributed by atoms with Crippen LogP contribution in [-0.2, 0) is 11.3 Å². The molecule has 1 heterocycles. The Morgan fingerprint density at radius 1 is 1.28 bits per heavy atom. The number of guanidine groups is 1. The molecule has 0 spiro atoms. The summed E-state index contributed by atoms with van der Waals surface area (Å²) in [6.07, 6.45) is 0. The second kappa shape index (κ2) is 12.4. The number of halogens is 4. The maximum atomic E-state index is 14.1. The van der Waals surface area contributed by atoms with Crippen LogP contribution in [0.25, 0.3) is 0 Å². The summed E-state index contributed by atoms with van der Waals surface area (Å²) in [5.74, 6) is -0.357. The van der Waals surface area contributed by atoms with Crippen molar-refractivity contribution in [1.29, 1.82) is 0 Å². The average molecular weight is 530 g/mol. The first kappa shape index (κ1) is 25.8. The van der Waals surface area contributed by atoms with Gasteiger partial charge in [-0.1, -0.05) is 6.07 Å². The third-order valence-corrected chi connectivity index (χ3v) is 4.59. The van der Waals surface area contributed by atoms with E-state index in [9.17, 15) is 13.2 Å². The smallest absolute Gasteiger partial charge is 0.387 e. The Labute approximate surface area is 187 Å². The Morgan fingerprint density at radius 3 is 2.59 bits per heavy atom. The molecule has 0 saturated carbocycles. The van der Waals surface area contributed by atoms with Gasteiger partial charge in [-0.15, -0.1) is 24.0 Å². The number of nitrogens with one attached hydrogen (secondary N) is 2. The highest BCUT2D eigenvalue weighted by Gasteiger charge is 2.28. The van der Waals surface area contributed by atoms with Crippen molar-refractivity contribution in [2.24, 2.45) is 4.99 Å². The molecule has 0 aromatic heterocycles. The minimum atomic E-state index is -3.02. The van der Waals surface area contributed by atoms with E-state index in [1.165, 1.54) is 18.2 Å². The molecule has 6 nitrogen and oxygen atoms in total. The number of aliphatic imine (C=N–C) groups is 1. The molecular weight excluding hydrogens is 500 g/mol. The molecule has 1 fully saturated rings. The number of morpholine rings is 1. The van der Waals surface area contributed by atoms with Gasteiger partial charge in [0.05, 0.1) is 25.3 Å². The molecule has 1 saturated heterocycles. The molecule has 29 heavy (non-hydrogen) atoms. The highest BCUT2D eigenvalue weighted by Crippen LogP contribution is 2.24. The van der Waals surface area contributed by atoms with Gasteiger partial charge in [-0.2, -0.15) is 8.78 Å². The monoisotopic (exact) mass is 530 g/mol. The van der Waals surface area contributed by atoms with Gasteiger partial charge in [-0.3, -0.25) is 4.90 Å². The van der Waals surface area contributed by atoms with E-state index >= 15 is 0 Å². The standard InChI is InChI=1S/C19H29F3N4O2.HI/c1-4-23-18(25-13-19(2,3)26-8-10-27-11-9-26)24-12-14-15(20)6-5-7-16(14)28-17(21)22;/h5-7,17H,4,8-13H2,1-3H3,(H2,23,24,25);1H. The Hall–Kier alpha value is -1.27. The molecule has 2 N–H and O–H groups in total. The predicted molar refractivity (Wildman–Crippen MR) is 118 cm³/mol. The number of hydrogen-bond donors (Lipinski definition) is 2. The number of ether oxygens (including phenoxy) is 2. The minimum absolute atomic E-state index is 0. The van der Waals surface area contributed by atoms with E-state index in [-0.39, 0.29) is 47.4 Å². The molecule has 0 aliphatic carbocycles. The lowest BCUT2D eigenvalue weighted by molar-refractivity contribution is -0.0506. The van der Waals surface area contributed by atoms with Gasteiger partial charge < -0.3 is 20.1 Å². The largest absolute Gasteiger partial charge is 0.434 e. The van der Waals surface area contributed by atoms with Crippen molar-refractivity contribution in [1.82, 2.24) is 15.5 Å². The summed E-state index contributed by atoms with van der Waals surface area (Å²) in [5.41, 5.74) is -0.144. The van der Waals surface area contributed by atoms with Gasteiger partial charge in [0.1, 0.15) is 11.6 Å². The zero-order valence-corrected chi connectivity index (χ0v) is 19.3. The number of rotatable bonds is 8. The summed E-state index contributed by atoms with van der Waals surface area (Å²) in [6.45, 7) is 7.36. The van der Waals surface area contributed by atoms with Crippen molar-refractivity contribution in [2.75, 3.05) is 39.4 Å². The zero-order valence-electron chi connectivity index (χ0n) is 17.0. The van der Waals surface area contributed by atoms with Crippen LogP contribution in [0.4, 0.5) is 13.2 Å². The van der Waals surface area contributed by atoms with E-state index in [1.54, 1.807) is 0 Å². The van der Waals surface area contributed by atoms with Crippen LogP contribution in [0.15, 0.2) is 23.2 Å². The molecule has 1 aromatic rings. The van der Waals surface area contributed by atoms with Crippen LogP contribution < -0.4 is 15.4 Å². The molecule has 0 bridgehead atoms. The van der Waals surface area contributed by atoms with Crippen molar-refractivity contribution in [3.05, 3.63) is 29.6 Å². The van der Waals surface area contributed by atoms with Gasteiger partial charge in [0.15, 0.2) is 5.96 Å². The first-order valence-electron chi connectivity index (χ1n) is 9.40. The van der Waals surface area contributed by atoms with Crippen LogP contribution in [-0.4, -0.2) is 62.4 Å². The van der Waals surface area contributed by atoms with E-state index < -0.39 is 12.4 Å². The Balaban J connectivity index is 0.00000420. The Kier molecular flexibility index (Phi) is 11.0. The van der Waals surface area contributed by atoms with Crippen molar-refractivity contribution in [2.45, 2.75) is 39.5 Å². The number of benzene rings is 1. The van der Waals surface area contributed by atoms with Crippen molar-refractivity contribution < 1.29 is 22.6 Å². The van der Waals surface area contributed by atoms with Crippen LogP contribution in [0.1, 0.15) is 26.3 Å². The lowest BCUT2D eigenvalue weighted by atomic mass is 10.0. The summed E-state index contributed by atoms with van der Waals surface area (Å²) in [7, 11) is 0. The van der Waals surface area contributed by atoms with E-state index in [0.29, 0.717) is 32.3 Å². The first-order valence-corrected chi connectivity index (χ1v) is 9.40. The highest BCUT2D eigenvalue weighted by atomic mass is 127. The van der Waals surface area contributed by atoms with Crippen molar-refractivity contribution >= 4 is 29.9 Å². The molecule has 1 aliphatic heterocycles. The Morgan fingerprint density at radius 2 is 1.97 bits per heavy atom. The number of nitrogens with zero attached hydrogens (tertiary/aromatic N) is 2. The third kappa shape index (κ3) is 8.17. The molecule has 1 aliphatic rings. The maximum Gasteiger partial charge on any atom is 0.387 e. The lowest BCUT2D eigenvalue weighted by Crippen LogP contribution is -2.56. The van der Waals surface area contributed by atoms with Crippen molar-refractivity contribution in [3.8, 4) is 5.75 Å². The molecule has 1 aromatic carbocycles. The van der Waals surface area contributed by atoms with Gasteiger partial charge in [0, 0.05) is 31.7 Å². The van der Waals surface area contributed by atoms with Crippen LogP contribution in [0.3, 0.4) is 0 Å². The molecule has 10 heteroatoms. The molecule has 0 unspecified atom stereocenters. The number of alkyl halides is 2. The minimum Gasteiger partial charge on any atom is -0.434 e. The SMILES string of the molecule is CCNC(=NCc1c(F)cccc1OC(F)F)NCC(C)(C)N1CCOCC1.I. The van der Waals surface area contributed by atoms with E-state index in [2.05, 4.69) is 39.1 Å². The van der Waals surface area contributed by atoms with Crippen LogP contribution in [0.2, 0.25) is 0 Å². The lowest BCUT2D eigenvalue weighted by Gasteiger charge is -2.41. The van der Waals surface area contributed by atoms with Gasteiger partial charge >= 0.3 is 6.61 Å². The second-order valence-electron chi connectivity index (χ2n) is 7.06. The predicted octanol–water partition coefficient (Wildman–Crippen LogP) is 3.21. The molecule has 0 radical (unpaired) electrons. The summed E-state index contributed by atoms with van der Waals surface area (Å²) in [6, 6.07) is 3.83. The first-order chi connectivity index (χ1) is 13.3. The summed E-state index contributed by atoms with van der Waals surface area (Å²) in [5, 5.41) is 6.35. The van der Waals surface area contributed by atoms with Crippen LogP contribution in [0, 0.1) is 5.82 Å². The molecule has 0 atom stereocenters. The highest BCUT2D eigenvalue weighted by molar-refractivity contribution is 14.0. The normalized spacial score (nSPS) is 15.8.